The Labute approximate surface area is 301 Å². The van der Waals surface area contributed by atoms with Gasteiger partial charge in [0.15, 0.2) is 11.2 Å². The lowest BCUT2D eigenvalue weighted by atomic mass is 9.89. The summed E-state index contributed by atoms with van der Waals surface area (Å²) >= 11 is 0. The number of aromatic nitrogens is 2. The van der Waals surface area contributed by atoms with Crippen LogP contribution in [0.2, 0.25) is 0 Å². The summed E-state index contributed by atoms with van der Waals surface area (Å²) in [7, 11) is 0. The number of halogens is 6. The summed E-state index contributed by atoms with van der Waals surface area (Å²) in [5.74, 6) is -2.09. The molecule has 0 saturated heterocycles. The molecule has 0 spiro atoms. The minimum Gasteiger partial charge on any atom is -0.437 e. The van der Waals surface area contributed by atoms with Gasteiger partial charge in [-0.2, -0.15) is 41.9 Å². The van der Waals surface area contributed by atoms with E-state index in [1.807, 2.05) is 12.1 Å². The SMILES string of the molecule is [C-]#[N+]C([N+]#[C-])c1nc2c(-c3ccccc3-c3ccc(C(F)(F)F)cc3)c3oc(C(C#N)C#N)nc3c(-c3ccccc3-c3ccc(C(F)(F)F)cc3)c2o1. The van der Waals surface area contributed by atoms with Crippen LogP contribution >= 0.6 is 0 Å². The third kappa shape index (κ3) is 6.02. The molecule has 0 unspecified atom stereocenters. The van der Waals surface area contributed by atoms with Crippen LogP contribution in [0.25, 0.3) is 76.4 Å². The fourth-order valence-electron chi connectivity index (χ4n) is 6.16. The summed E-state index contributed by atoms with van der Waals surface area (Å²) in [5.41, 5.74) is 0.915. The average Bonchev–Trinajstić information content (AvgIpc) is 3.79. The Morgan fingerprint density at radius 1 is 0.556 bits per heavy atom. The highest BCUT2D eigenvalue weighted by atomic mass is 19.4. The first-order chi connectivity index (χ1) is 25.9. The number of rotatable bonds is 6. The van der Waals surface area contributed by atoms with Crippen molar-refractivity contribution in [2.45, 2.75) is 24.4 Å². The van der Waals surface area contributed by atoms with Gasteiger partial charge in [0.05, 0.1) is 34.4 Å². The van der Waals surface area contributed by atoms with Gasteiger partial charge in [-0.25, -0.2) is 27.8 Å². The maximum absolute atomic E-state index is 13.5. The molecular formula is C40H18F6N6O2. The van der Waals surface area contributed by atoms with E-state index in [2.05, 4.69) is 19.7 Å². The van der Waals surface area contributed by atoms with Crippen LogP contribution in [0, 0.1) is 35.8 Å². The van der Waals surface area contributed by atoms with Crippen molar-refractivity contribution in [3.05, 3.63) is 143 Å². The topological polar surface area (TPSA) is 108 Å². The lowest BCUT2D eigenvalue weighted by molar-refractivity contribution is -0.138. The maximum atomic E-state index is 13.5. The Bertz CT molecular complexity index is 2480. The highest BCUT2D eigenvalue weighted by Gasteiger charge is 2.35. The molecule has 7 rings (SSSR count). The molecule has 0 amide bonds. The predicted octanol–water partition coefficient (Wildman–Crippen LogP) is 11.6. The van der Waals surface area contributed by atoms with Gasteiger partial charge in [0.1, 0.15) is 11.0 Å². The van der Waals surface area contributed by atoms with Crippen LogP contribution in [-0.4, -0.2) is 9.97 Å². The number of hydrogen-bond donors (Lipinski definition) is 0. The van der Waals surface area contributed by atoms with Gasteiger partial charge in [-0.3, -0.25) is 0 Å². The molecular weight excluding hydrogens is 710 g/mol. The zero-order valence-electron chi connectivity index (χ0n) is 27.2. The number of nitriles is 2. The van der Waals surface area contributed by atoms with Crippen LogP contribution in [0.3, 0.4) is 0 Å². The highest BCUT2D eigenvalue weighted by Crippen LogP contribution is 2.49. The van der Waals surface area contributed by atoms with Crippen molar-refractivity contribution in [3.8, 4) is 56.6 Å². The molecule has 14 heteroatoms. The van der Waals surface area contributed by atoms with Gasteiger partial charge >= 0.3 is 24.4 Å². The number of alkyl halides is 6. The number of benzene rings is 5. The van der Waals surface area contributed by atoms with Crippen molar-refractivity contribution in [1.29, 1.82) is 10.5 Å². The first-order valence-electron chi connectivity index (χ1n) is 15.7. The fourth-order valence-corrected chi connectivity index (χ4v) is 6.16. The van der Waals surface area contributed by atoms with Crippen molar-refractivity contribution in [1.82, 2.24) is 9.97 Å². The number of oxazole rings is 2. The highest BCUT2D eigenvalue weighted by molar-refractivity contribution is 6.18. The van der Waals surface area contributed by atoms with E-state index in [9.17, 15) is 36.9 Å². The zero-order valence-corrected chi connectivity index (χ0v) is 27.2. The Hall–Kier alpha value is -7.42. The molecule has 8 nitrogen and oxygen atoms in total. The van der Waals surface area contributed by atoms with Crippen molar-refractivity contribution < 1.29 is 35.2 Å². The average molecular weight is 729 g/mol. The van der Waals surface area contributed by atoms with Gasteiger partial charge in [0.25, 0.3) is 0 Å². The molecule has 7 aromatic rings. The number of nitrogens with zero attached hydrogens (tertiary/aromatic N) is 6. The zero-order chi connectivity index (χ0) is 38.4. The quantitative estimate of drug-likeness (QED) is 0.125. The Morgan fingerprint density at radius 3 is 1.30 bits per heavy atom. The van der Waals surface area contributed by atoms with Crippen molar-refractivity contribution in [2.75, 3.05) is 0 Å². The molecule has 0 aliphatic carbocycles. The number of hydrogen-bond acceptors (Lipinski definition) is 6. The van der Waals surface area contributed by atoms with E-state index in [-0.39, 0.29) is 45.1 Å². The van der Waals surface area contributed by atoms with Crippen LogP contribution in [0.1, 0.15) is 35.0 Å². The number of fused-ring (bicyclic) bond motifs is 2. The molecule has 0 aliphatic heterocycles. The Balaban J connectivity index is 1.60. The van der Waals surface area contributed by atoms with Crippen LogP contribution in [0.4, 0.5) is 26.3 Å². The minimum atomic E-state index is -4.59. The minimum absolute atomic E-state index is 0.0169. The fraction of sp³-hybridized carbons (Fsp3) is 0.100. The lowest BCUT2D eigenvalue weighted by Crippen LogP contribution is -2.04. The van der Waals surface area contributed by atoms with Gasteiger partial charge in [0.2, 0.25) is 11.8 Å². The molecule has 5 aromatic carbocycles. The Morgan fingerprint density at radius 2 is 0.926 bits per heavy atom. The normalized spacial score (nSPS) is 11.8. The van der Waals surface area contributed by atoms with Crippen molar-refractivity contribution in [3.63, 3.8) is 0 Å². The third-order valence-electron chi connectivity index (χ3n) is 8.63. The molecule has 0 bridgehead atoms. The summed E-state index contributed by atoms with van der Waals surface area (Å²) in [6.07, 6.45) is -10.7. The predicted molar refractivity (Wildman–Crippen MR) is 183 cm³/mol. The van der Waals surface area contributed by atoms with Crippen molar-refractivity contribution >= 4 is 22.2 Å². The molecule has 0 aliphatic rings. The van der Waals surface area contributed by atoms with Crippen LogP contribution < -0.4 is 0 Å². The van der Waals surface area contributed by atoms with Crippen LogP contribution in [0.5, 0.6) is 0 Å². The van der Waals surface area contributed by atoms with Gasteiger partial charge < -0.3 is 8.83 Å². The van der Waals surface area contributed by atoms with E-state index in [4.69, 9.17) is 22.0 Å². The van der Waals surface area contributed by atoms with E-state index in [1.54, 1.807) is 48.5 Å². The van der Waals surface area contributed by atoms with Crippen molar-refractivity contribution in [2.24, 2.45) is 0 Å². The molecule has 0 fully saturated rings. The Kier molecular flexibility index (Phi) is 8.61. The summed E-state index contributed by atoms with van der Waals surface area (Å²) in [6, 6.07) is 25.7. The van der Waals surface area contributed by atoms with E-state index in [0.29, 0.717) is 33.4 Å². The molecule has 2 heterocycles. The largest absolute Gasteiger partial charge is 0.553 e. The van der Waals surface area contributed by atoms with Crippen LogP contribution in [0.15, 0.2) is 106 Å². The second kappa shape index (κ2) is 13.3. The second-order valence-electron chi connectivity index (χ2n) is 11.8. The van der Waals surface area contributed by atoms with Gasteiger partial charge in [-0.05, 0) is 57.6 Å². The lowest BCUT2D eigenvalue weighted by Gasteiger charge is -2.15. The summed E-state index contributed by atoms with van der Waals surface area (Å²) in [4.78, 5) is 15.8. The maximum Gasteiger partial charge on any atom is 0.553 e. The first-order valence-corrected chi connectivity index (χ1v) is 15.7. The molecule has 2 aromatic heterocycles. The van der Waals surface area contributed by atoms with Crippen LogP contribution in [-0.2, 0) is 12.4 Å². The van der Waals surface area contributed by atoms with Gasteiger partial charge in [-0.1, -0.05) is 72.8 Å². The first kappa shape index (κ1) is 35.0. The van der Waals surface area contributed by atoms with E-state index in [1.165, 1.54) is 24.3 Å². The standard InChI is InChI=1S/C40H18F6N6O2/c1-49-36(50-2)38-52-33-31(29-10-6-4-8-27(29)22-13-17-25(18-14-22)40(44,45)46)34-32(51-37(53-34)23(19-47)20-48)30(35(33)54-38)28-9-5-3-7-26(28)21-11-15-24(16-12-21)39(41,42)43/h3-18,23,36H. The molecule has 262 valence electrons. The third-order valence-corrected chi connectivity index (χ3v) is 8.63. The van der Waals surface area contributed by atoms with E-state index in [0.717, 1.165) is 24.3 Å². The van der Waals surface area contributed by atoms with Gasteiger partial charge in [-0.15, -0.1) is 0 Å². The monoisotopic (exact) mass is 728 g/mol. The smallest absolute Gasteiger partial charge is 0.437 e. The second-order valence-corrected chi connectivity index (χ2v) is 11.8. The molecule has 0 atom stereocenters. The summed E-state index contributed by atoms with van der Waals surface area (Å²) in [6.45, 7) is 15.2. The van der Waals surface area contributed by atoms with E-state index >= 15 is 0 Å². The molecule has 0 radical (unpaired) electrons. The molecule has 0 N–H and O–H groups in total. The van der Waals surface area contributed by atoms with E-state index < -0.39 is 35.6 Å². The van der Waals surface area contributed by atoms with Gasteiger partial charge in [0, 0.05) is 0 Å². The molecule has 0 saturated carbocycles. The molecule has 54 heavy (non-hydrogen) atoms. The summed E-state index contributed by atoms with van der Waals surface area (Å²) in [5, 5.41) is 19.6. The summed E-state index contributed by atoms with van der Waals surface area (Å²) < 4.78 is 93.3.